The minimum absolute atomic E-state index is 0.114. The van der Waals surface area contributed by atoms with Gasteiger partial charge in [-0.25, -0.2) is 0 Å². The number of fused-ring (bicyclic) bond motifs is 2. The van der Waals surface area contributed by atoms with Crippen LogP contribution in [0.4, 0.5) is 5.69 Å². The van der Waals surface area contributed by atoms with Crippen LogP contribution in [0.25, 0.3) is 10.8 Å². The quantitative estimate of drug-likeness (QED) is 0.450. The fourth-order valence-electron chi connectivity index (χ4n) is 8.59. The number of likely N-dealkylation sites (tertiary alicyclic amines) is 1. The van der Waals surface area contributed by atoms with E-state index >= 15 is 0 Å². The third-order valence-corrected chi connectivity index (χ3v) is 11.0. The third-order valence-electron chi connectivity index (χ3n) is 11.0. The lowest BCUT2D eigenvalue weighted by Gasteiger charge is -2.59. The molecular formula is C34H37N5O5. The zero-order valence-electron chi connectivity index (χ0n) is 25.2. The number of benzene rings is 2. The number of nitrogens with one attached hydrogen (secondary N) is 1. The molecule has 1 unspecified atom stereocenters. The highest BCUT2D eigenvalue weighted by atomic mass is 16.5. The summed E-state index contributed by atoms with van der Waals surface area (Å²) < 4.78 is 7.96. The summed E-state index contributed by atoms with van der Waals surface area (Å²) in [5.74, 6) is -0.622. The molecule has 1 aliphatic carbocycles. The first-order chi connectivity index (χ1) is 21.1. The van der Waals surface area contributed by atoms with Crippen molar-refractivity contribution in [1.82, 2.24) is 20.0 Å². The molecule has 228 valence electrons. The van der Waals surface area contributed by atoms with E-state index in [0.717, 1.165) is 72.8 Å². The van der Waals surface area contributed by atoms with E-state index in [4.69, 9.17) is 9.84 Å². The molecule has 4 saturated heterocycles. The summed E-state index contributed by atoms with van der Waals surface area (Å²) in [4.78, 5) is 55.0. The zero-order valence-corrected chi connectivity index (χ0v) is 25.2. The molecule has 10 heteroatoms. The van der Waals surface area contributed by atoms with Gasteiger partial charge in [0.25, 0.3) is 5.91 Å². The van der Waals surface area contributed by atoms with Gasteiger partial charge in [0.2, 0.25) is 17.7 Å². The minimum Gasteiger partial charge on any atom is -0.375 e. The standard InChI is InChI=1S/C34H37N5O5/c1-32(10-13-37(14-11-32)31(43)34-12-15-44-33(2,19-34)20-34)38-18-21(17-35-38)16-22-6-7-25-28-23(22)4-3-5-24(28)30(42)39(25)26-8-9-27(40)36-29(26)41/h3-7,17-18,26H,8-16,19-20H2,1-2H3,(H,36,40,41). The van der Waals surface area contributed by atoms with Crippen molar-refractivity contribution >= 4 is 40.1 Å². The molecule has 5 aliphatic heterocycles. The van der Waals surface area contributed by atoms with Crippen molar-refractivity contribution in [3.8, 4) is 0 Å². The maximum absolute atomic E-state index is 13.5. The van der Waals surface area contributed by atoms with E-state index in [2.05, 4.69) is 34.9 Å². The number of aromatic nitrogens is 2. The number of amides is 4. The smallest absolute Gasteiger partial charge is 0.259 e. The Kier molecular flexibility index (Phi) is 5.92. The van der Waals surface area contributed by atoms with Crippen LogP contribution in [0.15, 0.2) is 42.7 Å². The fourth-order valence-corrected chi connectivity index (χ4v) is 8.59. The van der Waals surface area contributed by atoms with Gasteiger partial charge in [-0.2, -0.15) is 5.10 Å². The predicted octanol–water partition coefficient (Wildman–Crippen LogP) is 3.69. The van der Waals surface area contributed by atoms with Crippen molar-refractivity contribution in [3.63, 3.8) is 0 Å². The molecule has 10 nitrogen and oxygen atoms in total. The molecule has 1 N–H and O–H groups in total. The Morgan fingerprint density at radius 2 is 1.86 bits per heavy atom. The van der Waals surface area contributed by atoms with Crippen LogP contribution in [0.1, 0.15) is 80.3 Å². The average Bonchev–Trinajstić information content (AvgIpc) is 3.58. The molecule has 0 radical (unpaired) electrons. The largest absolute Gasteiger partial charge is 0.375 e. The number of piperidine rings is 2. The number of ether oxygens (including phenoxy) is 1. The van der Waals surface area contributed by atoms with E-state index in [1.165, 1.54) is 0 Å². The van der Waals surface area contributed by atoms with Crippen LogP contribution in [0, 0.1) is 5.41 Å². The van der Waals surface area contributed by atoms with Crippen molar-refractivity contribution in [2.45, 2.75) is 82.4 Å². The number of nitrogens with zero attached hydrogens (tertiary/aromatic N) is 4. The minimum atomic E-state index is -0.701. The lowest BCUT2D eigenvalue weighted by atomic mass is 9.55. The van der Waals surface area contributed by atoms with Gasteiger partial charge in [0.15, 0.2) is 0 Å². The highest BCUT2D eigenvalue weighted by molar-refractivity contribution is 6.27. The van der Waals surface area contributed by atoms with Crippen LogP contribution in [-0.4, -0.2) is 69.6 Å². The van der Waals surface area contributed by atoms with Crippen LogP contribution in [0.5, 0.6) is 0 Å². The van der Waals surface area contributed by atoms with Crippen LogP contribution in [0.2, 0.25) is 0 Å². The van der Waals surface area contributed by atoms with E-state index in [0.29, 0.717) is 30.9 Å². The Bertz CT molecular complexity index is 1750. The van der Waals surface area contributed by atoms with Crippen LogP contribution < -0.4 is 10.2 Å². The van der Waals surface area contributed by atoms with E-state index in [-0.39, 0.29) is 34.8 Å². The molecule has 3 aromatic rings. The second kappa shape index (κ2) is 9.47. The predicted molar refractivity (Wildman–Crippen MR) is 162 cm³/mol. The van der Waals surface area contributed by atoms with E-state index in [1.54, 1.807) is 4.90 Å². The van der Waals surface area contributed by atoms with Crippen molar-refractivity contribution in [3.05, 3.63) is 59.4 Å². The molecule has 1 atom stereocenters. The van der Waals surface area contributed by atoms with Gasteiger partial charge in [-0.15, -0.1) is 0 Å². The highest BCUT2D eigenvalue weighted by Gasteiger charge is 2.61. The maximum atomic E-state index is 13.5. The van der Waals surface area contributed by atoms with Gasteiger partial charge in [-0.1, -0.05) is 18.2 Å². The average molecular weight is 596 g/mol. The van der Waals surface area contributed by atoms with Crippen molar-refractivity contribution < 1.29 is 23.9 Å². The Labute approximate surface area is 255 Å². The van der Waals surface area contributed by atoms with Crippen molar-refractivity contribution in [2.75, 3.05) is 24.6 Å². The lowest BCUT2D eigenvalue weighted by Crippen LogP contribution is -2.64. The third kappa shape index (κ3) is 4.06. The molecule has 2 aromatic carbocycles. The normalized spacial score (nSPS) is 29.1. The Morgan fingerprint density at radius 1 is 1.07 bits per heavy atom. The van der Waals surface area contributed by atoms with Crippen LogP contribution in [-0.2, 0) is 31.1 Å². The number of rotatable bonds is 5. The monoisotopic (exact) mass is 595 g/mol. The summed E-state index contributed by atoms with van der Waals surface area (Å²) in [5, 5.41) is 9.01. The number of hydrogen-bond donors (Lipinski definition) is 1. The first-order valence-corrected chi connectivity index (χ1v) is 15.8. The molecule has 1 saturated carbocycles. The van der Waals surface area contributed by atoms with Gasteiger partial charge >= 0.3 is 0 Å². The highest BCUT2D eigenvalue weighted by Crippen LogP contribution is 2.57. The van der Waals surface area contributed by atoms with E-state index in [1.807, 2.05) is 36.5 Å². The Hall–Kier alpha value is -4.05. The number of carbonyl (C=O) groups is 4. The second-order valence-electron chi connectivity index (χ2n) is 14.1. The van der Waals surface area contributed by atoms with Gasteiger partial charge in [-0.05, 0) is 81.0 Å². The van der Waals surface area contributed by atoms with E-state index in [9.17, 15) is 19.2 Å². The summed E-state index contributed by atoms with van der Waals surface area (Å²) in [6.45, 7) is 6.50. The first kappa shape index (κ1) is 27.5. The SMILES string of the molecule is CC12CC(C(=O)N3CCC(C)(n4cc(Cc5ccc6c7c(cccc57)C(=O)N6C5CCC(=O)NC5=O)cn4)CC3)(CCO1)C2. The summed E-state index contributed by atoms with van der Waals surface area (Å²) in [5.41, 5.74) is 2.95. The Balaban J connectivity index is 0.993. The molecule has 2 bridgehead atoms. The number of imide groups is 1. The summed E-state index contributed by atoms with van der Waals surface area (Å²) in [6, 6.07) is 8.98. The number of anilines is 1. The van der Waals surface area contributed by atoms with Gasteiger partial charge < -0.3 is 9.64 Å². The zero-order chi connectivity index (χ0) is 30.4. The van der Waals surface area contributed by atoms with Crippen molar-refractivity contribution in [2.24, 2.45) is 5.41 Å². The van der Waals surface area contributed by atoms with Gasteiger partial charge in [0, 0.05) is 49.7 Å². The van der Waals surface area contributed by atoms with E-state index < -0.39 is 11.9 Å². The summed E-state index contributed by atoms with van der Waals surface area (Å²) in [7, 11) is 0. The number of hydrogen-bond acceptors (Lipinski definition) is 6. The van der Waals surface area contributed by atoms with Gasteiger partial charge in [0.1, 0.15) is 6.04 Å². The van der Waals surface area contributed by atoms with Crippen LogP contribution >= 0.6 is 0 Å². The molecule has 1 aromatic heterocycles. The second-order valence-corrected chi connectivity index (χ2v) is 14.1. The van der Waals surface area contributed by atoms with Crippen molar-refractivity contribution in [1.29, 1.82) is 0 Å². The molecule has 5 fully saturated rings. The summed E-state index contributed by atoms with van der Waals surface area (Å²) in [6.07, 6.45) is 9.43. The molecule has 9 rings (SSSR count). The summed E-state index contributed by atoms with van der Waals surface area (Å²) >= 11 is 0. The molecule has 4 amide bonds. The number of carbonyl (C=O) groups excluding carboxylic acids is 4. The fraction of sp³-hybridized carbons (Fsp3) is 0.500. The molecule has 6 aliphatic rings. The Morgan fingerprint density at radius 3 is 2.61 bits per heavy atom. The topological polar surface area (TPSA) is 114 Å². The first-order valence-electron chi connectivity index (χ1n) is 15.8. The maximum Gasteiger partial charge on any atom is 0.259 e. The lowest BCUT2D eigenvalue weighted by molar-refractivity contribution is -0.221. The van der Waals surface area contributed by atoms with Crippen LogP contribution in [0.3, 0.4) is 0 Å². The molecule has 0 spiro atoms. The molecule has 44 heavy (non-hydrogen) atoms. The molecule has 6 heterocycles. The van der Waals surface area contributed by atoms with Gasteiger partial charge in [0.05, 0.1) is 28.4 Å². The van der Waals surface area contributed by atoms with Gasteiger partial charge in [-0.3, -0.25) is 34.1 Å². The molecular weight excluding hydrogens is 558 g/mol.